The zero-order valence-corrected chi connectivity index (χ0v) is 25.2. The second kappa shape index (κ2) is 9.82. The molecular weight excluding hydrogens is 558 g/mol. The van der Waals surface area contributed by atoms with Crippen LogP contribution < -0.4 is 14.4 Å². The molecule has 0 atom stereocenters. The summed E-state index contributed by atoms with van der Waals surface area (Å²) in [6.07, 6.45) is 6.77. The Labute approximate surface area is 245 Å². The number of ether oxygens (including phenoxy) is 2. The first-order chi connectivity index (χ1) is 19.7. The molecule has 0 bridgehead atoms. The number of nitrogens with zero attached hydrogens (tertiary/aromatic N) is 4. The third-order valence-electron chi connectivity index (χ3n) is 8.15. The van der Waals surface area contributed by atoms with E-state index in [0.29, 0.717) is 18.7 Å². The second-order valence-electron chi connectivity index (χ2n) is 12.6. The van der Waals surface area contributed by atoms with Gasteiger partial charge in [-0.15, -0.1) is 0 Å². The number of fused-ring (bicyclic) bond motifs is 4. The van der Waals surface area contributed by atoms with Gasteiger partial charge in [-0.1, -0.05) is 12.5 Å². The van der Waals surface area contributed by atoms with Gasteiger partial charge >= 0.3 is 6.09 Å². The monoisotopic (exact) mass is 593 g/mol. The molecular formula is C30H35N5O6S. The van der Waals surface area contributed by atoms with Gasteiger partial charge in [-0.2, -0.15) is 0 Å². The van der Waals surface area contributed by atoms with Crippen molar-refractivity contribution in [3.8, 4) is 17.0 Å². The van der Waals surface area contributed by atoms with E-state index in [0.717, 1.165) is 53.2 Å². The number of nitrogens with one attached hydrogen (secondary N) is 1. The highest BCUT2D eigenvalue weighted by atomic mass is 32.2. The molecule has 0 radical (unpaired) electrons. The van der Waals surface area contributed by atoms with E-state index >= 15 is 0 Å². The Bertz CT molecular complexity index is 1710. The topological polar surface area (TPSA) is 131 Å². The maximum Gasteiger partial charge on any atom is 0.410 e. The lowest BCUT2D eigenvalue weighted by Gasteiger charge is -2.39. The number of rotatable bonds is 6. The van der Waals surface area contributed by atoms with Gasteiger partial charge in [-0.25, -0.2) is 18.2 Å². The first-order valence-corrected chi connectivity index (χ1v) is 15.9. The lowest BCUT2D eigenvalue weighted by molar-refractivity contribution is -0.125. The zero-order valence-electron chi connectivity index (χ0n) is 24.4. The number of aromatic nitrogens is 2. The highest BCUT2D eigenvalue weighted by Crippen LogP contribution is 2.55. The molecule has 222 valence electrons. The number of sulfonamides is 1. The summed E-state index contributed by atoms with van der Waals surface area (Å²) in [6.45, 7) is 6.70. The molecule has 4 heterocycles. The van der Waals surface area contributed by atoms with Crippen molar-refractivity contribution in [2.75, 3.05) is 42.6 Å². The van der Waals surface area contributed by atoms with Gasteiger partial charge in [0, 0.05) is 48.8 Å². The SMILES string of the molecule is CN1C(=O)C2(CCC2)c2c1cnc1ccc(-c3cnc(OCC4CN(C(=O)OC(C)(C)C)C4)c(NS(C)(=O)=O)c3)cc21. The molecule has 2 fully saturated rings. The van der Waals surface area contributed by atoms with Gasteiger partial charge in [0.05, 0.1) is 35.7 Å². The van der Waals surface area contributed by atoms with Crippen molar-refractivity contribution >= 4 is 44.3 Å². The van der Waals surface area contributed by atoms with E-state index in [4.69, 9.17) is 9.47 Å². The van der Waals surface area contributed by atoms with Gasteiger partial charge < -0.3 is 19.3 Å². The average molecular weight is 594 g/mol. The number of hydrogen-bond acceptors (Lipinski definition) is 8. The van der Waals surface area contributed by atoms with Crippen LogP contribution in [0.1, 0.15) is 45.6 Å². The van der Waals surface area contributed by atoms with E-state index in [1.54, 1.807) is 35.3 Å². The largest absolute Gasteiger partial charge is 0.476 e. The number of anilines is 2. The van der Waals surface area contributed by atoms with Crippen molar-refractivity contribution in [1.82, 2.24) is 14.9 Å². The molecule has 3 aromatic rings. The predicted octanol–water partition coefficient (Wildman–Crippen LogP) is 4.31. The summed E-state index contributed by atoms with van der Waals surface area (Å²) in [4.78, 5) is 37.8. The highest BCUT2D eigenvalue weighted by Gasteiger charge is 2.54. The summed E-state index contributed by atoms with van der Waals surface area (Å²) in [6, 6.07) is 7.54. The van der Waals surface area contributed by atoms with E-state index in [1.807, 2.05) is 39.0 Å². The van der Waals surface area contributed by atoms with E-state index in [-0.39, 0.29) is 36.1 Å². The number of hydrogen-bond donors (Lipinski definition) is 1. The molecule has 1 aromatic carbocycles. The molecule has 6 rings (SSSR count). The van der Waals surface area contributed by atoms with Gasteiger partial charge in [0.1, 0.15) is 11.3 Å². The van der Waals surface area contributed by atoms with Crippen molar-refractivity contribution < 1.29 is 27.5 Å². The Kier molecular flexibility index (Phi) is 6.60. The van der Waals surface area contributed by atoms with Gasteiger partial charge in [-0.3, -0.25) is 14.5 Å². The fraction of sp³-hybridized carbons (Fsp3) is 0.467. The second-order valence-corrected chi connectivity index (χ2v) is 14.3. The minimum absolute atomic E-state index is 0.0693. The molecule has 42 heavy (non-hydrogen) atoms. The van der Waals surface area contributed by atoms with E-state index in [1.165, 1.54) is 0 Å². The highest BCUT2D eigenvalue weighted by molar-refractivity contribution is 7.92. The lowest BCUT2D eigenvalue weighted by atomic mass is 9.64. The van der Waals surface area contributed by atoms with Crippen LogP contribution in [0.25, 0.3) is 22.0 Å². The van der Waals surface area contributed by atoms with Crippen LogP contribution in [-0.2, 0) is 25.0 Å². The van der Waals surface area contributed by atoms with Crippen LogP contribution in [0.4, 0.5) is 16.2 Å². The Balaban J connectivity index is 1.26. The maximum atomic E-state index is 13.2. The van der Waals surface area contributed by atoms with Gasteiger partial charge in [-0.05, 0) is 57.4 Å². The molecule has 1 spiro atoms. The Morgan fingerprint density at radius 2 is 1.86 bits per heavy atom. The number of carbonyl (C=O) groups is 2. The van der Waals surface area contributed by atoms with Crippen LogP contribution >= 0.6 is 0 Å². The fourth-order valence-corrected chi connectivity index (χ4v) is 6.54. The summed E-state index contributed by atoms with van der Waals surface area (Å²) >= 11 is 0. The van der Waals surface area contributed by atoms with Gasteiger partial charge in [0.2, 0.25) is 21.8 Å². The quantitative estimate of drug-likeness (QED) is 0.447. The molecule has 1 N–H and O–H groups in total. The van der Waals surface area contributed by atoms with Crippen LogP contribution in [0.15, 0.2) is 36.7 Å². The molecule has 2 aliphatic heterocycles. The molecule has 3 aliphatic rings. The molecule has 11 nitrogen and oxygen atoms in total. The Morgan fingerprint density at radius 3 is 2.50 bits per heavy atom. The standard InChI is InChI=1S/C30H35N5O6S/c1-29(2,3)41-28(37)35-15-18(16-35)17-40-26-23(33-42(5,38)39)12-20(13-32-26)19-7-8-22-21(11-19)25-24(14-31-22)34(4)27(36)30(25)9-6-10-30/h7-8,11-14,18,33H,6,9-10,15-17H2,1-5H3. The first-order valence-electron chi connectivity index (χ1n) is 14.0. The van der Waals surface area contributed by atoms with Crippen LogP contribution in [0.5, 0.6) is 5.88 Å². The number of carbonyl (C=O) groups excluding carboxylic acids is 2. The summed E-state index contributed by atoms with van der Waals surface area (Å²) < 4.78 is 38.3. The molecule has 1 aliphatic carbocycles. The van der Waals surface area contributed by atoms with Crippen molar-refractivity contribution in [2.45, 2.75) is 51.0 Å². The molecule has 2 aromatic heterocycles. The van der Waals surface area contributed by atoms with Crippen LogP contribution in [0, 0.1) is 5.92 Å². The number of benzene rings is 1. The number of likely N-dealkylation sites (N-methyl/N-ethyl adjacent to an activating group) is 1. The third-order valence-corrected chi connectivity index (χ3v) is 8.74. The van der Waals surface area contributed by atoms with Crippen molar-refractivity contribution in [1.29, 1.82) is 0 Å². The number of likely N-dealkylation sites (tertiary alicyclic amines) is 1. The molecule has 2 amide bonds. The van der Waals surface area contributed by atoms with Gasteiger partial charge in [0.25, 0.3) is 0 Å². The minimum atomic E-state index is -3.62. The zero-order chi connectivity index (χ0) is 30.0. The average Bonchev–Trinajstić information content (AvgIpc) is 3.08. The Hall–Kier alpha value is -3.93. The van der Waals surface area contributed by atoms with Crippen molar-refractivity contribution in [2.24, 2.45) is 5.92 Å². The first kappa shape index (κ1) is 28.2. The number of pyridine rings is 2. The number of amides is 2. The van der Waals surface area contributed by atoms with Gasteiger partial charge in [0.15, 0.2) is 0 Å². The molecule has 12 heteroatoms. The van der Waals surface area contributed by atoms with Crippen molar-refractivity contribution in [3.05, 3.63) is 42.2 Å². The van der Waals surface area contributed by atoms with E-state index in [9.17, 15) is 18.0 Å². The minimum Gasteiger partial charge on any atom is -0.476 e. The van der Waals surface area contributed by atoms with Crippen LogP contribution in [0.2, 0.25) is 0 Å². The maximum absolute atomic E-state index is 13.2. The van der Waals surface area contributed by atoms with E-state index < -0.39 is 21.0 Å². The summed E-state index contributed by atoms with van der Waals surface area (Å²) in [7, 11) is -1.82. The van der Waals surface area contributed by atoms with Crippen molar-refractivity contribution in [3.63, 3.8) is 0 Å². The lowest BCUT2D eigenvalue weighted by Crippen LogP contribution is -2.53. The van der Waals surface area contributed by atoms with E-state index in [2.05, 4.69) is 14.7 Å². The third kappa shape index (κ3) is 5.01. The summed E-state index contributed by atoms with van der Waals surface area (Å²) in [5, 5.41) is 0.917. The molecule has 0 unspecified atom stereocenters. The molecule has 1 saturated heterocycles. The van der Waals surface area contributed by atoms with Crippen LogP contribution in [0.3, 0.4) is 0 Å². The summed E-state index contributed by atoms with van der Waals surface area (Å²) in [5.41, 5.74) is 3.33. The van der Waals surface area contributed by atoms with Crippen LogP contribution in [-0.4, -0.2) is 73.9 Å². The normalized spacial score (nSPS) is 18.1. The fourth-order valence-electron chi connectivity index (χ4n) is 6.00. The molecule has 1 saturated carbocycles. The summed E-state index contributed by atoms with van der Waals surface area (Å²) in [5.74, 6) is 0.343. The Morgan fingerprint density at radius 1 is 1.12 bits per heavy atom. The smallest absolute Gasteiger partial charge is 0.410 e. The predicted molar refractivity (Wildman–Crippen MR) is 159 cm³/mol.